The lowest BCUT2D eigenvalue weighted by Crippen LogP contribution is -2.29. The highest BCUT2D eigenvalue weighted by Gasteiger charge is 2.68. The predicted molar refractivity (Wildman–Crippen MR) is 139 cm³/mol. The van der Waals surface area contributed by atoms with E-state index >= 15 is 4.39 Å². The first-order valence-electron chi connectivity index (χ1n) is 12.5. The Morgan fingerprint density at radius 2 is 1.87 bits per heavy atom. The summed E-state index contributed by atoms with van der Waals surface area (Å²) in [4.78, 5) is 31.1. The number of ether oxygens (including phenoxy) is 1. The number of halogens is 1. The molecular weight excluding hydrogens is 485 g/mol. The molecule has 1 aliphatic carbocycles. The van der Waals surface area contributed by atoms with Crippen molar-refractivity contribution in [1.29, 1.82) is 0 Å². The second-order valence-electron chi connectivity index (χ2n) is 10.1. The number of nitrogens with zero attached hydrogens (tertiary/aromatic N) is 2. The molecule has 192 valence electrons. The van der Waals surface area contributed by atoms with Crippen molar-refractivity contribution in [2.24, 2.45) is 11.3 Å². The van der Waals surface area contributed by atoms with Crippen molar-refractivity contribution in [3.05, 3.63) is 95.8 Å². The van der Waals surface area contributed by atoms with Crippen molar-refractivity contribution in [2.75, 3.05) is 7.05 Å². The van der Waals surface area contributed by atoms with Gasteiger partial charge >= 0.3 is 0 Å². The zero-order valence-corrected chi connectivity index (χ0v) is 20.7. The monoisotopic (exact) mass is 511 g/mol. The van der Waals surface area contributed by atoms with Gasteiger partial charge in [-0.05, 0) is 42.7 Å². The fraction of sp³-hybridized carbons (Fsp3) is 0.233. The zero-order valence-electron chi connectivity index (χ0n) is 20.7. The van der Waals surface area contributed by atoms with Crippen LogP contribution in [0.4, 0.5) is 4.39 Å². The number of carbonyl (C=O) groups excluding carboxylic acids is 2. The number of amides is 2. The number of benzene rings is 3. The SMILES string of the molecule is CN1C(=O)[C@@]2(CC1c1ccc(OCc3cc(-c4ccccc4)nc4ccccc34)c(F)c1)C[C@@H]2C(=O)NO. The Kier molecular flexibility index (Phi) is 5.84. The molecule has 1 saturated carbocycles. The molecule has 2 heterocycles. The standard InChI is InChI=1S/C30H26FN3O4/c1-34-26(16-30(29(34)36)15-22(30)28(35)33-37)19-11-12-27(23(31)13-19)38-17-20-14-25(18-7-3-2-4-8-18)32-24-10-6-5-9-21(20)24/h2-14,22,26,37H,15-17H2,1H3,(H,33,35)/t22-,26?,30-/m1/s1. The van der Waals surface area contributed by atoms with Gasteiger partial charge in [0.1, 0.15) is 6.61 Å². The normalized spacial score (nSPS) is 22.2. The Labute approximate surface area is 218 Å². The average molecular weight is 512 g/mol. The maximum atomic E-state index is 15.2. The summed E-state index contributed by atoms with van der Waals surface area (Å²) < 4.78 is 21.2. The van der Waals surface area contributed by atoms with E-state index in [1.54, 1.807) is 29.6 Å². The predicted octanol–water partition coefficient (Wildman–Crippen LogP) is 5.03. The van der Waals surface area contributed by atoms with Crippen LogP contribution in [0.3, 0.4) is 0 Å². The molecule has 0 bridgehead atoms. The van der Waals surface area contributed by atoms with Crippen molar-refractivity contribution in [3.63, 3.8) is 0 Å². The van der Waals surface area contributed by atoms with Crippen LogP contribution in [-0.2, 0) is 16.2 Å². The fourth-order valence-electron chi connectivity index (χ4n) is 5.71. The number of carbonyl (C=O) groups is 2. The van der Waals surface area contributed by atoms with Crippen LogP contribution >= 0.6 is 0 Å². The quantitative estimate of drug-likeness (QED) is 0.280. The van der Waals surface area contributed by atoms with Crippen LogP contribution in [0.2, 0.25) is 0 Å². The molecule has 1 unspecified atom stereocenters. The molecule has 2 fully saturated rings. The summed E-state index contributed by atoms with van der Waals surface area (Å²) in [6.45, 7) is 0.155. The lowest BCUT2D eigenvalue weighted by molar-refractivity contribution is -0.137. The number of aromatic nitrogens is 1. The number of likely N-dealkylation sites (tertiary alicyclic amines) is 1. The van der Waals surface area contributed by atoms with Gasteiger partial charge < -0.3 is 9.64 Å². The van der Waals surface area contributed by atoms with Crippen molar-refractivity contribution < 1.29 is 23.9 Å². The van der Waals surface area contributed by atoms with E-state index in [9.17, 15) is 9.59 Å². The van der Waals surface area contributed by atoms with Gasteiger partial charge in [0, 0.05) is 23.6 Å². The molecule has 2 N–H and O–H groups in total. The summed E-state index contributed by atoms with van der Waals surface area (Å²) in [6.07, 6.45) is 0.777. The first-order chi connectivity index (χ1) is 18.4. The van der Waals surface area contributed by atoms with E-state index in [1.807, 2.05) is 60.7 Å². The molecule has 1 spiro atoms. The smallest absolute Gasteiger partial charge is 0.247 e. The van der Waals surface area contributed by atoms with Gasteiger partial charge in [-0.3, -0.25) is 14.8 Å². The van der Waals surface area contributed by atoms with Crippen LogP contribution in [0, 0.1) is 17.2 Å². The maximum Gasteiger partial charge on any atom is 0.247 e. The van der Waals surface area contributed by atoms with Crippen molar-refractivity contribution in [2.45, 2.75) is 25.5 Å². The van der Waals surface area contributed by atoms with Crippen molar-refractivity contribution in [1.82, 2.24) is 15.4 Å². The number of hydrogen-bond acceptors (Lipinski definition) is 5. The van der Waals surface area contributed by atoms with E-state index in [2.05, 4.69) is 0 Å². The molecule has 38 heavy (non-hydrogen) atoms. The van der Waals surface area contributed by atoms with E-state index in [0.717, 1.165) is 27.7 Å². The summed E-state index contributed by atoms with van der Waals surface area (Å²) in [5.41, 5.74) is 4.98. The zero-order chi connectivity index (χ0) is 26.4. The van der Waals surface area contributed by atoms with Gasteiger partial charge in [-0.2, -0.15) is 0 Å². The molecule has 7 nitrogen and oxygen atoms in total. The molecule has 3 atom stereocenters. The topological polar surface area (TPSA) is 91.8 Å². The number of fused-ring (bicyclic) bond motifs is 1. The van der Waals surface area contributed by atoms with Crippen LogP contribution < -0.4 is 10.2 Å². The highest BCUT2D eigenvalue weighted by Crippen LogP contribution is 2.63. The largest absolute Gasteiger partial charge is 0.486 e. The lowest BCUT2D eigenvalue weighted by atomic mass is 9.95. The third-order valence-electron chi connectivity index (χ3n) is 7.87. The van der Waals surface area contributed by atoms with Gasteiger partial charge in [-0.1, -0.05) is 54.6 Å². The molecule has 2 amide bonds. The third-order valence-corrected chi connectivity index (χ3v) is 7.87. The van der Waals surface area contributed by atoms with Crippen LogP contribution in [0.5, 0.6) is 5.75 Å². The number of rotatable bonds is 6. The Bertz CT molecular complexity index is 1560. The minimum absolute atomic E-state index is 0.113. The summed E-state index contributed by atoms with van der Waals surface area (Å²) in [5, 5.41) is 9.90. The van der Waals surface area contributed by atoms with Gasteiger partial charge in [0.2, 0.25) is 11.8 Å². The molecule has 6 rings (SSSR count). The fourth-order valence-corrected chi connectivity index (χ4v) is 5.71. The molecule has 8 heteroatoms. The minimum atomic E-state index is -0.823. The highest BCUT2D eigenvalue weighted by atomic mass is 19.1. The van der Waals surface area contributed by atoms with E-state index < -0.39 is 23.1 Å². The average Bonchev–Trinajstić information content (AvgIpc) is 3.63. The summed E-state index contributed by atoms with van der Waals surface area (Å²) >= 11 is 0. The number of nitrogens with one attached hydrogen (secondary N) is 1. The second-order valence-corrected chi connectivity index (χ2v) is 10.1. The van der Waals surface area contributed by atoms with E-state index in [0.29, 0.717) is 18.4 Å². The Morgan fingerprint density at radius 3 is 2.63 bits per heavy atom. The first-order valence-corrected chi connectivity index (χ1v) is 12.5. The van der Waals surface area contributed by atoms with Gasteiger partial charge in [-0.25, -0.2) is 14.9 Å². The highest BCUT2D eigenvalue weighted by molar-refractivity contribution is 5.97. The molecule has 1 saturated heterocycles. The second kappa shape index (κ2) is 9.22. The van der Waals surface area contributed by atoms with Crippen LogP contribution in [-0.4, -0.2) is 34.0 Å². The molecular formula is C30H26FN3O4. The van der Waals surface area contributed by atoms with Crippen molar-refractivity contribution >= 4 is 22.7 Å². The molecule has 4 aromatic rings. The van der Waals surface area contributed by atoms with Gasteiger partial charge in [0.25, 0.3) is 0 Å². The van der Waals surface area contributed by atoms with Crippen LogP contribution in [0.25, 0.3) is 22.2 Å². The van der Waals surface area contributed by atoms with Gasteiger partial charge in [-0.15, -0.1) is 0 Å². The Morgan fingerprint density at radius 1 is 1.11 bits per heavy atom. The lowest BCUT2D eigenvalue weighted by Gasteiger charge is -2.20. The Hall–Kier alpha value is -4.30. The Balaban J connectivity index is 1.23. The molecule has 3 aromatic carbocycles. The number of pyridine rings is 1. The summed E-state index contributed by atoms with van der Waals surface area (Å²) in [7, 11) is 1.66. The summed E-state index contributed by atoms with van der Waals surface area (Å²) in [5.74, 6) is -1.68. The maximum absolute atomic E-state index is 15.2. The third kappa shape index (κ3) is 3.97. The van der Waals surface area contributed by atoms with Gasteiger partial charge in [0.15, 0.2) is 11.6 Å². The molecule has 0 radical (unpaired) electrons. The minimum Gasteiger partial charge on any atom is -0.486 e. The van der Waals surface area contributed by atoms with E-state index in [1.165, 1.54) is 6.07 Å². The molecule has 1 aliphatic heterocycles. The van der Waals surface area contributed by atoms with Crippen LogP contribution in [0.15, 0.2) is 78.9 Å². The van der Waals surface area contributed by atoms with E-state index in [-0.39, 0.29) is 24.3 Å². The number of para-hydroxylation sites is 1. The van der Waals surface area contributed by atoms with Gasteiger partial charge in [0.05, 0.1) is 28.6 Å². The number of hydroxylamine groups is 1. The van der Waals surface area contributed by atoms with Crippen molar-refractivity contribution in [3.8, 4) is 17.0 Å². The first kappa shape index (κ1) is 24.1. The van der Waals surface area contributed by atoms with E-state index in [4.69, 9.17) is 14.9 Å². The number of hydrogen-bond donors (Lipinski definition) is 2. The summed E-state index contributed by atoms with van der Waals surface area (Å²) in [6, 6.07) is 24.0. The molecule has 1 aromatic heterocycles. The van der Waals surface area contributed by atoms with Crippen LogP contribution in [0.1, 0.15) is 30.0 Å². The molecule has 2 aliphatic rings.